The summed E-state index contributed by atoms with van der Waals surface area (Å²) in [6.45, 7) is 0. The second-order valence-corrected chi connectivity index (χ2v) is 7.67. The predicted octanol–water partition coefficient (Wildman–Crippen LogP) is 2.89. The Morgan fingerprint density at radius 1 is 1.29 bits per heavy atom. The maximum atomic E-state index is 11.5. The zero-order valence-electron chi connectivity index (χ0n) is 17.4. The Balaban J connectivity index is 1.42. The molecule has 3 aromatic rings. The summed E-state index contributed by atoms with van der Waals surface area (Å²) in [7, 11) is 1.49. The summed E-state index contributed by atoms with van der Waals surface area (Å²) in [5, 5.41) is 17.4. The van der Waals surface area contributed by atoms with Crippen molar-refractivity contribution in [1.29, 1.82) is 0 Å². The largest absolute Gasteiger partial charge is 0.481 e. The van der Waals surface area contributed by atoms with E-state index < -0.39 is 12.0 Å². The normalized spacial score (nSPS) is 16.2. The van der Waals surface area contributed by atoms with Crippen molar-refractivity contribution in [3.05, 3.63) is 59.8 Å². The second kappa shape index (κ2) is 9.55. The van der Waals surface area contributed by atoms with Gasteiger partial charge in [0.2, 0.25) is 0 Å². The van der Waals surface area contributed by atoms with Crippen LogP contribution < -0.4 is 10.1 Å². The van der Waals surface area contributed by atoms with Crippen molar-refractivity contribution < 1.29 is 14.6 Å². The molecule has 0 fully saturated rings. The lowest BCUT2D eigenvalue weighted by atomic mass is 9.96. The second-order valence-electron chi connectivity index (χ2n) is 7.67. The van der Waals surface area contributed by atoms with Crippen molar-refractivity contribution in [2.24, 2.45) is 0 Å². The van der Waals surface area contributed by atoms with Crippen LogP contribution >= 0.6 is 0 Å². The third-order valence-electron chi connectivity index (χ3n) is 5.61. The number of hydrogen-bond donors (Lipinski definition) is 2. The molecule has 0 radical (unpaired) electrons. The van der Waals surface area contributed by atoms with Crippen LogP contribution in [0.25, 0.3) is 0 Å². The molecule has 0 saturated carbocycles. The van der Waals surface area contributed by atoms with Crippen LogP contribution in [0.4, 0.5) is 5.82 Å². The number of nitrogens with zero attached hydrogens (tertiary/aromatic N) is 5. The number of aryl methyl sites for hydroxylation is 2. The maximum absolute atomic E-state index is 11.5. The zero-order valence-corrected chi connectivity index (χ0v) is 17.4. The molecule has 2 N–H and O–H groups in total. The molecule has 9 nitrogen and oxygen atoms in total. The van der Waals surface area contributed by atoms with Crippen LogP contribution in [-0.2, 0) is 17.6 Å². The van der Waals surface area contributed by atoms with Crippen LogP contribution in [0.5, 0.6) is 6.01 Å². The number of carbonyl (C=O) groups is 1. The van der Waals surface area contributed by atoms with E-state index in [4.69, 9.17) is 4.74 Å². The van der Waals surface area contributed by atoms with E-state index in [0.29, 0.717) is 11.6 Å². The molecule has 0 bridgehead atoms. The number of ether oxygens (including phenoxy) is 1. The Bertz CT molecular complexity index is 1020. The zero-order chi connectivity index (χ0) is 21.6. The lowest BCUT2D eigenvalue weighted by molar-refractivity contribution is -0.137. The van der Waals surface area contributed by atoms with E-state index in [2.05, 4.69) is 31.4 Å². The number of methoxy groups -OCH3 is 1. The number of hydrogen-bond acceptors (Lipinski definition) is 7. The third kappa shape index (κ3) is 4.99. The van der Waals surface area contributed by atoms with Gasteiger partial charge in [-0.25, -0.2) is 15.0 Å². The van der Waals surface area contributed by atoms with E-state index in [-0.39, 0.29) is 12.4 Å². The number of aliphatic carboxylic acids is 1. The molecule has 1 aliphatic heterocycles. The van der Waals surface area contributed by atoms with Gasteiger partial charge in [0.1, 0.15) is 5.82 Å². The van der Waals surface area contributed by atoms with Gasteiger partial charge in [-0.05, 0) is 49.8 Å². The van der Waals surface area contributed by atoms with Crippen LogP contribution in [0.3, 0.4) is 0 Å². The fourth-order valence-electron chi connectivity index (χ4n) is 4.05. The van der Waals surface area contributed by atoms with E-state index in [0.717, 1.165) is 43.6 Å². The Hall–Kier alpha value is -3.49. The van der Waals surface area contributed by atoms with Gasteiger partial charge in [0, 0.05) is 42.1 Å². The maximum Gasteiger partial charge on any atom is 0.316 e. The van der Waals surface area contributed by atoms with Crippen LogP contribution in [0.1, 0.15) is 48.5 Å². The first kappa shape index (κ1) is 20.8. The van der Waals surface area contributed by atoms with Gasteiger partial charge < -0.3 is 15.2 Å². The van der Waals surface area contributed by atoms with Gasteiger partial charge >= 0.3 is 12.0 Å². The molecule has 162 valence electrons. The van der Waals surface area contributed by atoms with Crippen molar-refractivity contribution in [2.45, 2.75) is 50.6 Å². The molecule has 1 aliphatic rings. The summed E-state index contributed by atoms with van der Waals surface area (Å²) in [6.07, 6.45) is 11.5. The van der Waals surface area contributed by atoms with Crippen molar-refractivity contribution in [2.75, 3.05) is 12.4 Å². The average molecular weight is 422 g/mol. The standard InChI is InChI=1S/C22H26N6O3/c1-31-22-24-13-16(14-25-22)19(12-20(29)30)28-18(9-11-26-28)6-2-5-17-8-7-15-4-3-10-23-21(15)27-17/h3-4,9-11,13-14,17,19H,2,5-8,12H2,1H3,(H,23,27)(H,29,30)/t17-,19?/m1/s1. The minimum Gasteiger partial charge on any atom is -0.481 e. The van der Waals surface area contributed by atoms with Crippen molar-refractivity contribution >= 4 is 11.8 Å². The van der Waals surface area contributed by atoms with E-state index in [9.17, 15) is 9.90 Å². The first-order valence-electron chi connectivity index (χ1n) is 10.4. The molecule has 1 unspecified atom stereocenters. The summed E-state index contributed by atoms with van der Waals surface area (Å²) in [5.41, 5.74) is 2.95. The molecule has 4 heterocycles. The summed E-state index contributed by atoms with van der Waals surface area (Å²) in [6, 6.07) is 6.21. The SMILES string of the molecule is COc1ncc(C(CC(=O)O)n2nccc2CCC[C@@H]2CCc3cccnc3N2)cn1. The lowest BCUT2D eigenvalue weighted by Crippen LogP contribution is -2.26. The van der Waals surface area contributed by atoms with Gasteiger partial charge in [-0.1, -0.05) is 6.07 Å². The van der Waals surface area contributed by atoms with Crippen LogP contribution in [-0.4, -0.2) is 49.0 Å². The fraction of sp³-hybridized carbons (Fsp3) is 0.409. The highest BCUT2D eigenvalue weighted by molar-refractivity contribution is 5.68. The highest BCUT2D eigenvalue weighted by atomic mass is 16.5. The summed E-state index contributed by atoms with van der Waals surface area (Å²) < 4.78 is 6.79. The quantitative estimate of drug-likeness (QED) is 0.541. The van der Waals surface area contributed by atoms with Crippen LogP contribution in [0.15, 0.2) is 43.0 Å². The molecular formula is C22H26N6O3. The Morgan fingerprint density at radius 2 is 2.13 bits per heavy atom. The van der Waals surface area contributed by atoms with E-state index >= 15 is 0 Å². The summed E-state index contributed by atoms with van der Waals surface area (Å²) >= 11 is 0. The summed E-state index contributed by atoms with van der Waals surface area (Å²) in [5.74, 6) is 0.0876. The van der Waals surface area contributed by atoms with Gasteiger partial charge in [-0.3, -0.25) is 9.48 Å². The number of anilines is 1. The van der Waals surface area contributed by atoms with Crippen LogP contribution in [0.2, 0.25) is 0 Å². The molecule has 0 saturated heterocycles. The molecule has 9 heteroatoms. The number of rotatable bonds is 9. The summed E-state index contributed by atoms with van der Waals surface area (Å²) in [4.78, 5) is 24.2. The van der Waals surface area contributed by atoms with E-state index in [1.807, 2.05) is 18.3 Å². The Morgan fingerprint density at radius 3 is 2.90 bits per heavy atom. The van der Waals surface area contributed by atoms with Crippen molar-refractivity contribution in [3.63, 3.8) is 0 Å². The minimum atomic E-state index is -0.903. The molecule has 0 spiro atoms. The highest BCUT2D eigenvalue weighted by Crippen LogP contribution is 2.26. The number of fused-ring (bicyclic) bond motifs is 1. The fourth-order valence-corrected chi connectivity index (χ4v) is 4.05. The Kier molecular flexibility index (Phi) is 6.40. The van der Waals surface area contributed by atoms with Gasteiger partial charge in [-0.15, -0.1) is 0 Å². The van der Waals surface area contributed by atoms with Crippen molar-refractivity contribution in [1.82, 2.24) is 24.7 Å². The number of carboxylic acids is 1. The third-order valence-corrected chi connectivity index (χ3v) is 5.61. The first-order valence-corrected chi connectivity index (χ1v) is 10.4. The smallest absolute Gasteiger partial charge is 0.316 e. The molecule has 0 amide bonds. The first-order chi connectivity index (χ1) is 15.1. The number of aromatic nitrogens is 5. The van der Waals surface area contributed by atoms with Crippen molar-refractivity contribution in [3.8, 4) is 6.01 Å². The van der Waals surface area contributed by atoms with Gasteiger partial charge in [-0.2, -0.15) is 5.10 Å². The number of pyridine rings is 1. The molecule has 31 heavy (non-hydrogen) atoms. The molecule has 4 rings (SSSR count). The van der Waals surface area contributed by atoms with E-state index in [1.165, 1.54) is 12.7 Å². The monoisotopic (exact) mass is 422 g/mol. The predicted molar refractivity (Wildman–Crippen MR) is 114 cm³/mol. The topological polar surface area (TPSA) is 115 Å². The van der Waals surface area contributed by atoms with E-state index in [1.54, 1.807) is 23.3 Å². The molecular weight excluding hydrogens is 396 g/mol. The average Bonchev–Trinajstić information content (AvgIpc) is 3.25. The highest BCUT2D eigenvalue weighted by Gasteiger charge is 2.22. The molecule has 2 atom stereocenters. The molecule has 0 aliphatic carbocycles. The van der Waals surface area contributed by atoms with Gasteiger partial charge in [0.25, 0.3) is 0 Å². The molecule has 3 aromatic heterocycles. The van der Waals surface area contributed by atoms with Crippen LogP contribution in [0, 0.1) is 0 Å². The Labute approximate surface area is 180 Å². The van der Waals surface area contributed by atoms with Gasteiger partial charge in [0.15, 0.2) is 0 Å². The minimum absolute atomic E-state index is 0.100. The lowest BCUT2D eigenvalue weighted by Gasteiger charge is -2.26. The number of carboxylic acid groups (broad SMARTS) is 1. The number of nitrogens with one attached hydrogen (secondary N) is 1. The van der Waals surface area contributed by atoms with Gasteiger partial charge in [0.05, 0.1) is 19.6 Å². The molecule has 0 aromatic carbocycles.